The van der Waals surface area contributed by atoms with E-state index in [2.05, 4.69) is 140 Å². The van der Waals surface area contributed by atoms with Gasteiger partial charge in [-0.1, -0.05) is 98.8 Å². The fraction of sp³-hybridized carbons (Fsp3) is 0.0638. The van der Waals surface area contributed by atoms with E-state index in [9.17, 15) is 0 Å². The molecule has 1 aliphatic carbocycles. The first-order valence-corrected chi connectivity index (χ1v) is 17.4. The lowest BCUT2D eigenvalue weighted by molar-refractivity contribution is 0.662. The van der Waals surface area contributed by atoms with E-state index in [1.807, 2.05) is 36.9 Å². The lowest BCUT2D eigenvalue weighted by Gasteiger charge is -2.25. The molecule has 4 nitrogen and oxygen atoms in total. The Hall–Kier alpha value is -6.52. The molecule has 0 saturated carbocycles. The predicted molar refractivity (Wildman–Crippen MR) is 209 cm³/mol. The second kappa shape index (κ2) is 11.3. The van der Waals surface area contributed by atoms with E-state index in [4.69, 9.17) is 15.0 Å². The van der Waals surface area contributed by atoms with Crippen molar-refractivity contribution in [3.63, 3.8) is 0 Å². The highest BCUT2D eigenvalue weighted by molar-refractivity contribution is 6.03. The van der Waals surface area contributed by atoms with E-state index < -0.39 is 0 Å². The summed E-state index contributed by atoms with van der Waals surface area (Å²) in [7, 11) is 0. The van der Waals surface area contributed by atoms with Crippen molar-refractivity contribution in [2.24, 2.45) is 0 Å². The van der Waals surface area contributed by atoms with E-state index in [0.29, 0.717) is 0 Å². The first kappa shape index (κ1) is 29.4. The second-order valence-electron chi connectivity index (χ2n) is 14.0. The lowest BCUT2D eigenvalue weighted by Crippen LogP contribution is -2.16. The Bertz CT molecular complexity index is 2830. The third-order valence-electron chi connectivity index (χ3n) is 10.6. The monoisotopic (exact) mass is 652 g/mol. The Morgan fingerprint density at radius 2 is 1.10 bits per heavy atom. The van der Waals surface area contributed by atoms with Gasteiger partial charge in [-0.05, 0) is 87.5 Å². The molecule has 0 atom stereocenters. The summed E-state index contributed by atoms with van der Waals surface area (Å²) >= 11 is 0. The Morgan fingerprint density at radius 3 is 2.02 bits per heavy atom. The van der Waals surface area contributed by atoms with Gasteiger partial charge in [0.25, 0.3) is 0 Å². The number of fused-ring (bicyclic) bond motifs is 7. The summed E-state index contributed by atoms with van der Waals surface area (Å²) in [5.74, 6) is 0. The summed E-state index contributed by atoms with van der Waals surface area (Å²) in [5.41, 5.74) is 16.6. The molecule has 0 spiro atoms. The number of pyridine rings is 4. The standard InChI is InChI=1S/C47H32N4/c1-47(2)41-14-5-4-11-39(41)40-13-7-12-38(44(40)47)34-23-33(37-21-30-9-3-6-15-42(30)50-27-37)24-35(25-34)43-19-18-32(26-49-43)36-22-31-17-16-29-10-8-20-48-45(29)46(31)51-28-36/h3-28H,1-2H3. The van der Waals surface area contributed by atoms with Crippen LogP contribution in [-0.2, 0) is 5.41 Å². The van der Waals surface area contributed by atoms with E-state index in [1.165, 1.54) is 33.4 Å². The molecule has 0 fully saturated rings. The molecule has 0 saturated heterocycles. The van der Waals surface area contributed by atoms with Gasteiger partial charge in [0, 0.05) is 68.6 Å². The molecule has 0 N–H and O–H groups in total. The van der Waals surface area contributed by atoms with Crippen LogP contribution in [0.5, 0.6) is 0 Å². The summed E-state index contributed by atoms with van der Waals surface area (Å²) in [6.07, 6.45) is 7.69. The highest BCUT2D eigenvalue weighted by Crippen LogP contribution is 2.52. The number of nitrogens with zero attached hydrogens (tertiary/aromatic N) is 4. The van der Waals surface area contributed by atoms with Crippen LogP contribution >= 0.6 is 0 Å². The molecule has 10 rings (SSSR count). The van der Waals surface area contributed by atoms with Crippen molar-refractivity contribution in [2.75, 3.05) is 0 Å². The second-order valence-corrected chi connectivity index (χ2v) is 14.0. The summed E-state index contributed by atoms with van der Waals surface area (Å²) in [5, 5.41) is 3.27. The highest BCUT2D eigenvalue weighted by Gasteiger charge is 2.37. The van der Waals surface area contributed by atoms with E-state index in [1.54, 1.807) is 0 Å². The fourth-order valence-electron chi connectivity index (χ4n) is 8.04. The molecule has 4 heteroatoms. The molecule has 4 heterocycles. The van der Waals surface area contributed by atoms with Crippen molar-refractivity contribution in [3.8, 4) is 55.8 Å². The van der Waals surface area contributed by atoms with Gasteiger partial charge in [-0.2, -0.15) is 0 Å². The largest absolute Gasteiger partial charge is 0.256 e. The summed E-state index contributed by atoms with van der Waals surface area (Å²) in [6.45, 7) is 4.69. The van der Waals surface area contributed by atoms with E-state index >= 15 is 0 Å². The number of para-hydroxylation sites is 1. The molecular formula is C47H32N4. The molecule has 0 unspecified atom stereocenters. The van der Waals surface area contributed by atoms with Crippen LogP contribution in [0.2, 0.25) is 0 Å². The molecule has 0 bridgehead atoms. The normalized spacial score (nSPS) is 13.1. The summed E-state index contributed by atoms with van der Waals surface area (Å²) in [4.78, 5) is 19.3. The summed E-state index contributed by atoms with van der Waals surface area (Å²) < 4.78 is 0. The third kappa shape index (κ3) is 4.75. The molecule has 4 aromatic heterocycles. The lowest BCUT2D eigenvalue weighted by atomic mass is 9.78. The quantitative estimate of drug-likeness (QED) is 0.178. The van der Waals surface area contributed by atoms with Crippen LogP contribution < -0.4 is 0 Å². The van der Waals surface area contributed by atoms with Crippen LogP contribution in [-0.4, -0.2) is 19.9 Å². The Balaban J connectivity index is 1.11. The SMILES string of the molecule is CC1(C)c2ccccc2-c2cccc(-c3cc(-c4cnc5ccccc5c4)cc(-c4ccc(-c5cnc6c(ccc7cccnc76)c5)cn4)c3)c21. The smallest absolute Gasteiger partial charge is 0.0964 e. The fourth-order valence-corrected chi connectivity index (χ4v) is 8.04. The van der Waals surface area contributed by atoms with Gasteiger partial charge in [0.1, 0.15) is 0 Å². The van der Waals surface area contributed by atoms with Crippen molar-refractivity contribution in [1.82, 2.24) is 19.9 Å². The number of benzene rings is 5. The zero-order chi connectivity index (χ0) is 34.1. The average Bonchev–Trinajstić information content (AvgIpc) is 3.43. The maximum atomic E-state index is 5.05. The number of hydrogen-bond donors (Lipinski definition) is 0. The van der Waals surface area contributed by atoms with Crippen molar-refractivity contribution in [1.29, 1.82) is 0 Å². The first-order valence-electron chi connectivity index (χ1n) is 17.4. The maximum Gasteiger partial charge on any atom is 0.0964 e. The first-order chi connectivity index (χ1) is 25.0. The zero-order valence-corrected chi connectivity index (χ0v) is 28.3. The molecule has 0 amide bonds. The van der Waals surface area contributed by atoms with Crippen LogP contribution in [0.4, 0.5) is 0 Å². The predicted octanol–water partition coefficient (Wildman–Crippen LogP) is 11.7. The van der Waals surface area contributed by atoms with Gasteiger partial charge < -0.3 is 0 Å². The Morgan fingerprint density at radius 1 is 0.412 bits per heavy atom. The summed E-state index contributed by atoms with van der Waals surface area (Å²) in [6, 6.07) is 47.6. The van der Waals surface area contributed by atoms with Crippen LogP contribution in [0.1, 0.15) is 25.0 Å². The van der Waals surface area contributed by atoms with Gasteiger partial charge in [-0.3, -0.25) is 19.9 Å². The Kier molecular flexibility index (Phi) is 6.49. The third-order valence-corrected chi connectivity index (χ3v) is 10.6. The number of hydrogen-bond acceptors (Lipinski definition) is 4. The van der Waals surface area contributed by atoms with Gasteiger partial charge in [-0.25, -0.2) is 0 Å². The average molecular weight is 653 g/mol. The van der Waals surface area contributed by atoms with Crippen LogP contribution in [0.3, 0.4) is 0 Å². The van der Waals surface area contributed by atoms with E-state index in [0.717, 1.165) is 66.2 Å². The molecule has 9 aromatic rings. The van der Waals surface area contributed by atoms with Crippen molar-refractivity contribution < 1.29 is 0 Å². The van der Waals surface area contributed by atoms with E-state index in [-0.39, 0.29) is 5.41 Å². The topological polar surface area (TPSA) is 51.6 Å². The van der Waals surface area contributed by atoms with Gasteiger partial charge in [0.2, 0.25) is 0 Å². The van der Waals surface area contributed by atoms with Gasteiger partial charge in [-0.15, -0.1) is 0 Å². The molecule has 1 aliphatic rings. The minimum Gasteiger partial charge on any atom is -0.256 e. The molecular weight excluding hydrogens is 621 g/mol. The molecule has 0 aliphatic heterocycles. The zero-order valence-electron chi connectivity index (χ0n) is 28.3. The van der Waals surface area contributed by atoms with Gasteiger partial charge >= 0.3 is 0 Å². The molecule has 240 valence electrons. The minimum absolute atomic E-state index is 0.140. The van der Waals surface area contributed by atoms with Crippen molar-refractivity contribution in [2.45, 2.75) is 19.3 Å². The van der Waals surface area contributed by atoms with Crippen molar-refractivity contribution in [3.05, 3.63) is 169 Å². The maximum absolute atomic E-state index is 5.05. The number of rotatable bonds is 4. The van der Waals surface area contributed by atoms with Crippen LogP contribution in [0.25, 0.3) is 88.5 Å². The molecule has 5 aromatic carbocycles. The van der Waals surface area contributed by atoms with Gasteiger partial charge in [0.15, 0.2) is 0 Å². The molecule has 0 radical (unpaired) electrons. The molecule has 51 heavy (non-hydrogen) atoms. The van der Waals surface area contributed by atoms with Crippen LogP contribution in [0, 0.1) is 0 Å². The van der Waals surface area contributed by atoms with Crippen molar-refractivity contribution >= 4 is 32.7 Å². The van der Waals surface area contributed by atoms with Gasteiger partial charge in [0.05, 0.1) is 22.2 Å². The highest BCUT2D eigenvalue weighted by atomic mass is 14.7. The number of aromatic nitrogens is 4. The minimum atomic E-state index is -0.140. The Labute approximate surface area is 296 Å². The van der Waals surface area contributed by atoms with Crippen LogP contribution in [0.15, 0.2) is 158 Å².